The molecule has 1 atom stereocenters. The number of nitrogens with zero attached hydrogens (tertiary/aromatic N) is 3. The lowest BCUT2D eigenvalue weighted by Crippen LogP contribution is -2.53. The summed E-state index contributed by atoms with van der Waals surface area (Å²) in [5, 5.41) is 4.23. The average Bonchev–Trinajstić information content (AvgIpc) is 3.52. The van der Waals surface area contributed by atoms with Gasteiger partial charge in [0.2, 0.25) is 15.9 Å². The summed E-state index contributed by atoms with van der Waals surface area (Å²) in [5.41, 5.74) is 1.32. The van der Waals surface area contributed by atoms with Crippen LogP contribution in [0, 0.1) is 0 Å². The fourth-order valence-electron chi connectivity index (χ4n) is 4.51. The largest absolute Gasteiger partial charge is 0.339 e. The van der Waals surface area contributed by atoms with E-state index in [1.54, 1.807) is 53.0 Å². The first-order valence-electron chi connectivity index (χ1n) is 10.7. The molecule has 5 rings (SSSR count). The number of sulfonamides is 1. The van der Waals surface area contributed by atoms with E-state index in [1.807, 2.05) is 4.90 Å². The van der Waals surface area contributed by atoms with Crippen LogP contribution in [0.1, 0.15) is 21.4 Å². The first-order valence-corrected chi connectivity index (χ1v) is 13.9. The van der Waals surface area contributed by atoms with Gasteiger partial charge in [-0.05, 0) is 47.0 Å². The second-order valence-electron chi connectivity index (χ2n) is 8.04. The molecule has 0 aliphatic carbocycles. The molecule has 1 saturated heterocycles. The summed E-state index contributed by atoms with van der Waals surface area (Å²) in [6.45, 7) is 2.70. The minimum atomic E-state index is -3.52. The van der Waals surface area contributed by atoms with Crippen molar-refractivity contribution in [2.75, 3.05) is 39.3 Å². The third-order valence-electron chi connectivity index (χ3n) is 6.19. The number of amides is 1. The van der Waals surface area contributed by atoms with Crippen molar-refractivity contribution < 1.29 is 13.2 Å². The van der Waals surface area contributed by atoms with Gasteiger partial charge < -0.3 is 4.90 Å². The van der Waals surface area contributed by atoms with Crippen molar-refractivity contribution in [2.45, 2.75) is 17.4 Å². The molecule has 2 aromatic heterocycles. The van der Waals surface area contributed by atoms with Crippen LogP contribution in [0.15, 0.2) is 64.2 Å². The van der Waals surface area contributed by atoms with E-state index >= 15 is 0 Å². The molecule has 2 aliphatic heterocycles. The fourth-order valence-corrected chi connectivity index (χ4v) is 7.74. The van der Waals surface area contributed by atoms with Crippen molar-refractivity contribution in [1.29, 1.82) is 0 Å². The molecule has 1 aromatic carbocycles. The van der Waals surface area contributed by atoms with Crippen LogP contribution in [0.3, 0.4) is 0 Å². The standard InChI is InChI=1S/C23H25N3O3S3/c27-22(24-11-13-26(14-12-24)32(28,29)18-5-2-1-3-6-18)17-25-10-8-20-19(9-16-31-20)23(25)21-7-4-15-30-21/h1-7,9,15-16,23H,8,10-14,17H2/t23-/m0/s1. The number of piperazine rings is 1. The van der Waals surface area contributed by atoms with Gasteiger partial charge in [-0.25, -0.2) is 8.42 Å². The maximum Gasteiger partial charge on any atom is 0.243 e. The number of hydrogen-bond acceptors (Lipinski definition) is 6. The topological polar surface area (TPSA) is 60.9 Å². The molecule has 0 bridgehead atoms. The third kappa shape index (κ3) is 4.15. The first-order chi connectivity index (χ1) is 15.5. The fraction of sp³-hybridized carbons (Fsp3) is 0.348. The molecule has 1 amide bonds. The second-order valence-corrected chi connectivity index (χ2v) is 12.0. The molecule has 1 fully saturated rings. The van der Waals surface area contributed by atoms with Crippen molar-refractivity contribution in [1.82, 2.24) is 14.1 Å². The maximum absolute atomic E-state index is 13.2. The Labute approximate surface area is 196 Å². The van der Waals surface area contributed by atoms with E-state index in [-0.39, 0.29) is 11.9 Å². The maximum atomic E-state index is 13.2. The van der Waals surface area contributed by atoms with Crippen LogP contribution in [0.4, 0.5) is 0 Å². The number of fused-ring (bicyclic) bond motifs is 1. The van der Waals surface area contributed by atoms with Crippen molar-refractivity contribution in [3.05, 3.63) is 74.6 Å². The van der Waals surface area contributed by atoms with E-state index in [1.165, 1.54) is 19.6 Å². The highest BCUT2D eigenvalue weighted by Crippen LogP contribution is 2.39. The van der Waals surface area contributed by atoms with E-state index in [2.05, 4.69) is 33.9 Å². The van der Waals surface area contributed by atoms with Gasteiger partial charge in [0.15, 0.2) is 0 Å². The Bertz CT molecular complexity index is 1170. The van der Waals surface area contributed by atoms with E-state index < -0.39 is 10.0 Å². The predicted octanol–water partition coefficient (Wildman–Crippen LogP) is 3.29. The monoisotopic (exact) mass is 487 g/mol. The lowest BCUT2D eigenvalue weighted by Gasteiger charge is -2.38. The number of rotatable bonds is 5. The molecule has 0 radical (unpaired) electrons. The Hall–Kier alpha value is -2.04. The van der Waals surface area contributed by atoms with Crippen molar-refractivity contribution in [3.8, 4) is 0 Å². The molecule has 9 heteroatoms. The molecule has 32 heavy (non-hydrogen) atoms. The summed E-state index contributed by atoms with van der Waals surface area (Å²) in [6, 6.07) is 15.0. The quantitative estimate of drug-likeness (QED) is 0.554. The Balaban J connectivity index is 1.25. The van der Waals surface area contributed by atoms with Crippen LogP contribution in [0.5, 0.6) is 0 Å². The summed E-state index contributed by atoms with van der Waals surface area (Å²) in [7, 11) is -3.52. The smallest absolute Gasteiger partial charge is 0.243 e. The van der Waals surface area contributed by atoms with Crippen LogP contribution in [0.25, 0.3) is 0 Å². The Morgan fingerprint density at radius 1 is 0.906 bits per heavy atom. The lowest BCUT2D eigenvalue weighted by molar-refractivity contribution is -0.134. The van der Waals surface area contributed by atoms with E-state index in [0.717, 1.165) is 13.0 Å². The van der Waals surface area contributed by atoms with Crippen LogP contribution in [-0.2, 0) is 21.2 Å². The average molecular weight is 488 g/mol. The highest BCUT2D eigenvalue weighted by molar-refractivity contribution is 7.89. The molecule has 3 aromatic rings. The zero-order chi connectivity index (χ0) is 22.1. The van der Waals surface area contributed by atoms with Gasteiger partial charge in [0.1, 0.15) is 0 Å². The van der Waals surface area contributed by atoms with Gasteiger partial charge in [0.25, 0.3) is 0 Å². The van der Waals surface area contributed by atoms with Crippen molar-refractivity contribution >= 4 is 38.6 Å². The molecule has 0 unspecified atom stereocenters. The molecule has 6 nitrogen and oxygen atoms in total. The van der Waals surface area contributed by atoms with E-state index in [0.29, 0.717) is 37.6 Å². The number of hydrogen-bond donors (Lipinski definition) is 0. The lowest BCUT2D eigenvalue weighted by atomic mass is 9.98. The molecule has 2 aliphatic rings. The highest BCUT2D eigenvalue weighted by Gasteiger charge is 2.34. The zero-order valence-corrected chi connectivity index (χ0v) is 20.0. The normalized spacial score (nSPS) is 20.2. The SMILES string of the molecule is O=C(CN1CCc2sccc2[C@H]1c1cccs1)N1CCN(S(=O)(=O)c2ccccc2)CC1. The van der Waals surface area contributed by atoms with Gasteiger partial charge in [0.05, 0.1) is 17.5 Å². The predicted molar refractivity (Wildman–Crippen MR) is 128 cm³/mol. The van der Waals surface area contributed by atoms with Gasteiger partial charge in [0, 0.05) is 42.5 Å². The molecular weight excluding hydrogens is 462 g/mol. The van der Waals surface area contributed by atoms with E-state index in [4.69, 9.17) is 0 Å². The zero-order valence-electron chi connectivity index (χ0n) is 17.6. The molecule has 0 N–H and O–H groups in total. The Kier molecular flexibility index (Phi) is 6.18. The summed E-state index contributed by atoms with van der Waals surface area (Å²) < 4.78 is 27.2. The Morgan fingerprint density at radius 2 is 1.69 bits per heavy atom. The van der Waals surface area contributed by atoms with Crippen LogP contribution >= 0.6 is 22.7 Å². The third-order valence-corrected chi connectivity index (χ3v) is 10.0. The number of carbonyl (C=O) groups excluding carboxylic acids is 1. The van der Waals surface area contributed by atoms with Gasteiger partial charge >= 0.3 is 0 Å². The summed E-state index contributed by atoms with van der Waals surface area (Å²) in [5.74, 6) is 0.0713. The highest BCUT2D eigenvalue weighted by atomic mass is 32.2. The minimum Gasteiger partial charge on any atom is -0.339 e. The van der Waals surface area contributed by atoms with Gasteiger partial charge in [-0.15, -0.1) is 22.7 Å². The van der Waals surface area contributed by atoms with Gasteiger partial charge in [-0.3, -0.25) is 9.69 Å². The van der Waals surface area contributed by atoms with Gasteiger partial charge in [-0.1, -0.05) is 24.3 Å². The van der Waals surface area contributed by atoms with Gasteiger partial charge in [-0.2, -0.15) is 4.31 Å². The Morgan fingerprint density at radius 3 is 2.41 bits per heavy atom. The second kappa shape index (κ2) is 9.07. The van der Waals surface area contributed by atoms with Crippen molar-refractivity contribution in [3.63, 3.8) is 0 Å². The van der Waals surface area contributed by atoms with E-state index in [9.17, 15) is 13.2 Å². The van der Waals surface area contributed by atoms with Crippen LogP contribution in [-0.4, -0.2) is 67.7 Å². The summed E-state index contributed by atoms with van der Waals surface area (Å²) in [6.07, 6.45) is 0.964. The molecule has 0 saturated carbocycles. The minimum absolute atomic E-state index is 0.0713. The molecular formula is C23H25N3O3S3. The summed E-state index contributed by atoms with van der Waals surface area (Å²) in [4.78, 5) is 20.2. The number of benzene rings is 1. The number of thiophene rings is 2. The van der Waals surface area contributed by atoms with Crippen LogP contribution in [0.2, 0.25) is 0 Å². The molecule has 4 heterocycles. The molecule has 168 valence electrons. The molecule has 0 spiro atoms. The van der Waals surface area contributed by atoms with Crippen molar-refractivity contribution in [2.24, 2.45) is 0 Å². The van der Waals surface area contributed by atoms with Crippen LogP contribution < -0.4 is 0 Å². The number of carbonyl (C=O) groups is 1. The summed E-state index contributed by atoms with van der Waals surface area (Å²) >= 11 is 3.52. The first kappa shape index (κ1) is 21.8.